The Balaban J connectivity index is 1.87. The van der Waals surface area contributed by atoms with Crippen molar-refractivity contribution in [1.29, 1.82) is 0 Å². The van der Waals surface area contributed by atoms with E-state index < -0.39 is 0 Å². The number of nitrogens with zero attached hydrogens (tertiary/aromatic N) is 4. The van der Waals surface area contributed by atoms with Crippen LogP contribution in [-0.2, 0) is 11.3 Å². The predicted octanol–water partition coefficient (Wildman–Crippen LogP) is 2.09. The van der Waals surface area contributed by atoms with Gasteiger partial charge in [-0.05, 0) is 12.8 Å². The van der Waals surface area contributed by atoms with Crippen molar-refractivity contribution in [2.45, 2.75) is 38.2 Å². The smallest absolute Gasteiger partial charge is 0.0960 e. The molecule has 6 heteroatoms. The van der Waals surface area contributed by atoms with Gasteiger partial charge in [0.15, 0.2) is 0 Å². The van der Waals surface area contributed by atoms with Crippen LogP contribution in [0.4, 0.5) is 0 Å². The van der Waals surface area contributed by atoms with Crippen molar-refractivity contribution in [3.05, 3.63) is 11.9 Å². The van der Waals surface area contributed by atoms with E-state index in [1.165, 1.54) is 0 Å². The van der Waals surface area contributed by atoms with E-state index in [1.807, 2.05) is 10.9 Å². The molecular formula is C13H23BrN4O. The highest BCUT2D eigenvalue weighted by Crippen LogP contribution is 2.18. The number of ether oxygens (including phenoxy) is 1. The van der Waals surface area contributed by atoms with Gasteiger partial charge >= 0.3 is 0 Å². The summed E-state index contributed by atoms with van der Waals surface area (Å²) in [6, 6.07) is 0. The Kier molecular flexibility index (Phi) is 5.36. The highest BCUT2D eigenvalue weighted by atomic mass is 79.9. The second-order valence-corrected chi connectivity index (χ2v) is 7.00. The van der Waals surface area contributed by atoms with Crippen molar-refractivity contribution in [1.82, 2.24) is 19.9 Å². The number of hydrogen-bond acceptors (Lipinski definition) is 4. The summed E-state index contributed by atoms with van der Waals surface area (Å²) in [6.07, 6.45) is 2.21. The standard InChI is InChI=1S/C13H23BrN4O/c1-10(2)6-17-4-5-19-12(7-17)8-18-9-13(11(3)14)15-16-18/h9-12H,4-8H2,1-3H3. The summed E-state index contributed by atoms with van der Waals surface area (Å²) in [6.45, 7) is 11.3. The monoisotopic (exact) mass is 330 g/mol. The molecule has 19 heavy (non-hydrogen) atoms. The van der Waals surface area contributed by atoms with Crippen molar-refractivity contribution in [3.8, 4) is 0 Å². The third kappa shape index (κ3) is 4.54. The summed E-state index contributed by atoms with van der Waals surface area (Å²) in [5.41, 5.74) is 0.967. The molecular weight excluding hydrogens is 308 g/mol. The van der Waals surface area contributed by atoms with Crippen LogP contribution in [0.3, 0.4) is 0 Å². The molecule has 1 aliphatic heterocycles. The van der Waals surface area contributed by atoms with Crippen LogP contribution in [0, 0.1) is 5.92 Å². The summed E-state index contributed by atoms with van der Waals surface area (Å²) in [4.78, 5) is 2.72. The van der Waals surface area contributed by atoms with Crippen molar-refractivity contribution in [2.24, 2.45) is 5.92 Å². The summed E-state index contributed by atoms with van der Waals surface area (Å²) < 4.78 is 7.71. The fraction of sp³-hybridized carbons (Fsp3) is 0.846. The van der Waals surface area contributed by atoms with Gasteiger partial charge in [-0.15, -0.1) is 5.10 Å². The molecule has 0 bridgehead atoms. The molecule has 108 valence electrons. The first-order chi connectivity index (χ1) is 9.04. The molecule has 0 saturated carbocycles. The number of hydrogen-bond donors (Lipinski definition) is 0. The maximum atomic E-state index is 5.82. The van der Waals surface area contributed by atoms with Crippen LogP contribution < -0.4 is 0 Å². The minimum absolute atomic E-state index is 0.215. The van der Waals surface area contributed by atoms with E-state index in [0.29, 0.717) is 5.92 Å². The van der Waals surface area contributed by atoms with Gasteiger partial charge in [-0.25, -0.2) is 4.68 Å². The second kappa shape index (κ2) is 6.81. The zero-order valence-corrected chi connectivity index (χ0v) is 13.5. The molecule has 0 aromatic carbocycles. The van der Waals surface area contributed by atoms with E-state index >= 15 is 0 Å². The normalized spacial score (nSPS) is 22.9. The lowest BCUT2D eigenvalue weighted by atomic mass is 10.2. The Morgan fingerprint density at radius 1 is 1.47 bits per heavy atom. The molecule has 2 rings (SSSR count). The third-order valence-electron chi connectivity index (χ3n) is 3.20. The molecule has 1 aromatic heterocycles. The summed E-state index contributed by atoms with van der Waals surface area (Å²) in [5.74, 6) is 0.700. The van der Waals surface area contributed by atoms with Crippen molar-refractivity contribution in [2.75, 3.05) is 26.2 Å². The van der Waals surface area contributed by atoms with Gasteiger partial charge in [-0.2, -0.15) is 0 Å². The van der Waals surface area contributed by atoms with E-state index in [-0.39, 0.29) is 10.9 Å². The number of aromatic nitrogens is 3. The van der Waals surface area contributed by atoms with Crippen LogP contribution in [-0.4, -0.2) is 52.2 Å². The molecule has 0 amide bonds. The second-order valence-electron chi connectivity index (χ2n) is 5.63. The van der Waals surface area contributed by atoms with Crippen LogP contribution in [0.25, 0.3) is 0 Å². The number of rotatable bonds is 5. The maximum Gasteiger partial charge on any atom is 0.0960 e. The molecule has 2 atom stereocenters. The maximum absolute atomic E-state index is 5.82. The zero-order valence-electron chi connectivity index (χ0n) is 11.9. The SMILES string of the molecule is CC(C)CN1CCOC(Cn2cc(C(C)Br)nn2)C1. The number of alkyl halides is 1. The van der Waals surface area contributed by atoms with Crippen LogP contribution in [0.5, 0.6) is 0 Å². The minimum Gasteiger partial charge on any atom is -0.374 e. The average Bonchev–Trinajstić information content (AvgIpc) is 2.77. The number of morpholine rings is 1. The van der Waals surface area contributed by atoms with Gasteiger partial charge in [0.05, 0.1) is 29.8 Å². The van der Waals surface area contributed by atoms with E-state index in [4.69, 9.17) is 4.74 Å². The van der Waals surface area contributed by atoms with Crippen LogP contribution >= 0.6 is 15.9 Å². The topological polar surface area (TPSA) is 43.2 Å². The van der Waals surface area contributed by atoms with Gasteiger partial charge < -0.3 is 4.74 Å². The third-order valence-corrected chi connectivity index (χ3v) is 3.67. The van der Waals surface area contributed by atoms with E-state index in [0.717, 1.165) is 38.5 Å². The van der Waals surface area contributed by atoms with Gasteiger partial charge in [-0.3, -0.25) is 4.90 Å². The largest absolute Gasteiger partial charge is 0.374 e. The summed E-state index contributed by atoms with van der Waals surface area (Å²) in [5, 5.41) is 8.30. The van der Waals surface area contributed by atoms with E-state index in [9.17, 15) is 0 Å². The Labute approximate surface area is 123 Å². The highest BCUT2D eigenvalue weighted by molar-refractivity contribution is 9.09. The quantitative estimate of drug-likeness (QED) is 0.775. The molecule has 1 fully saturated rings. The van der Waals surface area contributed by atoms with Gasteiger partial charge in [-0.1, -0.05) is 35.0 Å². The molecule has 1 aliphatic rings. The first kappa shape index (κ1) is 14.9. The minimum atomic E-state index is 0.215. The fourth-order valence-corrected chi connectivity index (χ4v) is 2.58. The molecule has 2 heterocycles. The lowest BCUT2D eigenvalue weighted by Gasteiger charge is -2.33. The summed E-state index contributed by atoms with van der Waals surface area (Å²) in [7, 11) is 0. The predicted molar refractivity (Wildman–Crippen MR) is 78.4 cm³/mol. The molecule has 1 saturated heterocycles. The Hall–Kier alpha value is -0.460. The fourth-order valence-electron chi connectivity index (χ4n) is 2.37. The molecule has 0 spiro atoms. The zero-order chi connectivity index (χ0) is 13.8. The molecule has 5 nitrogen and oxygen atoms in total. The van der Waals surface area contributed by atoms with Crippen molar-refractivity contribution < 1.29 is 4.74 Å². The van der Waals surface area contributed by atoms with Gasteiger partial charge in [0.25, 0.3) is 0 Å². The van der Waals surface area contributed by atoms with Gasteiger partial charge in [0.2, 0.25) is 0 Å². The lowest BCUT2D eigenvalue weighted by Crippen LogP contribution is -2.45. The molecule has 1 aromatic rings. The van der Waals surface area contributed by atoms with Crippen LogP contribution in [0.1, 0.15) is 31.3 Å². The number of halogens is 1. The lowest BCUT2D eigenvalue weighted by molar-refractivity contribution is -0.0406. The average molecular weight is 331 g/mol. The van der Waals surface area contributed by atoms with Crippen molar-refractivity contribution in [3.63, 3.8) is 0 Å². The molecule has 2 unspecified atom stereocenters. The first-order valence-electron chi connectivity index (χ1n) is 6.92. The van der Waals surface area contributed by atoms with Gasteiger partial charge in [0, 0.05) is 25.8 Å². The summed E-state index contributed by atoms with van der Waals surface area (Å²) >= 11 is 3.50. The molecule has 0 radical (unpaired) electrons. The Morgan fingerprint density at radius 3 is 2.89 bits per heavy atom. The Morgan fingerprint density at radius 2 is 2.26 bits per heavy atom. The first-order valence-corrected chi connectivity index (χ1v) is 7.84. The highest BCUT2D eigenvalue weighted by Gasteiger charge is 2.22. The van der Waals surface area contributed by atoms with Gasteiger partial charge in [0.1, 0.15) is 0 Å². The van der Waals surface area contributed by atoms with Crippen molar-refractivity contribution >= 4 is 15.9 Å². The van der Waals surface area contributed by atoms with Crippen LogP contribution in [0.2, 0.25) is 0 Å². The molecule has 0 aliphatic carbocycles. The van der Waals surface area contributed by atoms with Crippen LogP contribution in [0.15, 0.2) is 6.20 Å². The Bertz CT molecular complexity index is 394. The van der Waals surface area contributed by atoms with E-state index in [2.05, 4.69) is 51.9 Å². The molecule has 0 N–H and O–H groups in total. The van der Waals surface area contributed by atoms with E-state index in [1.54, 1.807) is 0 Å².